The lowest BCUT2D eigenvalue weighted by atomic mass is 10.0. The van der Waals surface area contributed by atoms with Gasteiger partial charge in [-0.05, 0) is 41.8 Å². The van der Waals surface area contributed by atoms with E-state index < -0.39 is 12.1 Å². The van der Waals surface area contributed by atoms with Gasteiger partial charge in [0.05, 0.1) is 12.7 Å². The standard InChI is InChI=1S/C25H20O5/c1-16(25(27)28-2)29-20-12-13-21-22(15-20)30-23(24(21)26)14-17-8-10-19(11-9-17)18-6-4-3-5-7-18/h3-16H,1-2H3/b23-14-. The molecule has 0 saturated heterocycles. The van der Waals surface area contributed by atoms with Crippen LogP contribution in [0.1, 0.15) is 22.8 Å². The van der Waals surface area contributed by atoms with Crippen LogP contribution < -0.4 is 9.47 Å². The van der Waals surface area contributed by atoms with Crippen molar-refractivity contribution in [1.82, 2.24) is 0 Å². The summed E-state index contributed by atoms with van der Waals surface area (Å²) in [6, 6.07) is 22.9. The number of rotatable bonds is 5. The van der Waals surface area contributed by atoms with Gasteiger partial charge in [-0.25, -0.2) is 4.79 Å². The van der Waals surface area contributed by atoms with Crippen LogP contribution in [0.4, 0.5) is 0 Å². The number of ether oxygens (including phenoxy) is 3. The van der Waals surface area contributed by atoms with Gasteiger partial charge in [0, 0.05) is 6.07 Å². The molecule has 1 aliphatic heterocycles. The van der Waals surface area contributed by atoms with Crippen molar-refractivity contribution in [3.05, 3.63) is 89.7 Å². The Kier molecular flexibility index (Phi) is 5.35. The predicted octanol–water partition coefficient (Wildman–Crippen LogP) is 4.91. The summed E-state index contributed by atoms with van der Waals surface area (Å²) >= 11 is 0. The van der Waals surface area contributed by atoms with Crippen LogP contribution in [0.25, 0.3) is 17.2 Å². The highest BCUT2D eigenvalue weighted by Crippen LogP contribution is 2.35. The van der Waals surface area contributed by atoms with Crippen molar-refractivity contribution >= 4 is 17.8 Å². The van der Waals surface area contributed by atoms with Gasteiger partial charge in [0.15, 0.2) is 11.9 Å². The number of esters is 1. The third kappa shape index (κ3) is 3.96. The molecule has 1 heterocycles. The van der Waals surface area contributed by atoms with Gasteiger partial charge in [0.25, 0.3) is 0 Å². The van der Waals surface area contributed by atoms with Crippen LogP contribution >= 0.6 is 0 Å². The van der Waals surface area contributed by atoms with Crippen LogP contribution in [0.15, 0.2) is 78.6 Å². The van der Waals surface area contributed by atoms with E-state index in [4.69, 9.17) is 9.47 Å². The van der Waals surface area contributed by atoms with Gasteiger partial charge < -0.3 is 14.2 Å². The first kappa shape index (κ1) is 19.5. The number of hydrogen-bond donors (Lipinski definition) is 0. The maximum atomic E-state index is 12.7. The van der Waals surface area contributed by atoms with Crippen LogP contribution in [-0.4, -0.2) is 25.0 Å². The number of ketones is 1. The van der Waals surface area contributed by atoms with Crippen LogP contribution in [0, 0.1) is 0 Å². The number of methoxy groups -OCH3 is 1. The molecule has 0 bridgehead atoms. The zero-order valence-corrected chi connectivity index (χ0v) is 16.6. The van der Waals surface area contributed by atoms with Gasteiger partial charge in [0.1, 0.15) is 11.5 Å². The molecule has 5 nitrogen and oxygen atoms in total. The molecule has 1 aliphatic rings. The number of fused-ring (bicyclic) bond motifs is 1. The summed E-state index contributed by atoms with van der Waals surface area (Å²) in [5.74, 6) is 0.405. The van der Waals surface area contributed by atoms with Crippen molar-refractivity contribution in [2.75, 3.05) is 7.11 Å². The molecule has 4 rings (SSSR count). The third-order valence-corrected chi connectivity index (χ3v) is 4.80. The molecule has 5 heteroatoms. The predicted molar refractivity (Wildman–Crippen MR) is 113 cm³/mol. The van der Waals surface area contributed by atoms with E-state index in [2.05, 4.69) is 16.9 Å². The van der Waals surface area contributed by atoms with Crippen molar-refractivity contribution in [2.24, 2.45) is 0 Å². The van der Waals surface area contributed by atoms with Gasteiger partial charge in [-0.1, -0.05) is 54.6 Å². The average molecular weight is 400 g/mol. The van der Waals surface area contributed by atoms with Crippen LogP contribution in [0.3, 0.4) is 0 Å². The molecule has 1 atom stereocenters. The highest BCUT2D eigenvalue weighted by molar-refractivity contribution is 6.14. The minimum absolute atomic E-state index is 0.190. The van der Waals surface area contributed by atoms with E-state index in [0.717, 1.165) is 16.7 Å². The van der Waals surface area contributed by atoms with E-state index in [1.165, 1.54) is 7.11 Å². The molecule has 0 radical (unpaired) electrons. The number of hydrogen-bond acceptors (Lipinski definition) is 5. The Morgan fingerprint density at radius 3 is 2.37 bits per heavy atom. The Morgan fingerprint density at radius 1 is 0.967 bits per heavy atom. The number of carbonyl (C=O) groups excluding carboxylic acids is 2. The summed E-state index contributed by atoms with van der Waals surface area (Å²) in [4.78, 5) is 24.2. The van der Waals surface area contributed by atoms with Crippen LogP contribution in [0.5, 0.6) is 11.5 Å². The molecule has 0 amide bonds. The average Bonchev–Trinajstić information content (AvgIpc) is 3.08. The monoisotopic (exact) mass is 400 g/mol. The summed E-state index contributed by atoms with van der Waals surface area (Å²) in [6.45, 7) is 1.59. The van der Waals surface area contributed by atoms with Gasteiger partial charge in [-0.3, -0.25) is 4.79 Å². The Labute approximate surface area is 174 Å². The van der Waals surface area contributed by atoms with E-state index in [1.54, 1.807) is 31.2 Å². The molecule has 0 spiro atoms. The minimum atomic E-state index is -0.761. The topological polar surface area (TPSA) is 61.8 Å². The van der Waals surface area contributed by atoms with Crippen molar-refractivity contribution in [1.29, 1.82) is 0 Å². The van der Waals surface area contributed by atoms with Gasteiger partial charge in [-0.2, -0.15) is 0 Å². The molecule has 0 N–H and O–H groups in total. The normalized spacial score (nSPS) is 14.7. The summed E-state index contributed by atoms with van der Waals surface area (Å²) in [5.41, 5.74) is 3.55. The number of allylic oxidation sites excluding steroid dienone is 1. The molecular weight excluding hydrogens is 380 g/mol. The fourth-order valence-corrected chi connectivity index (χ4v) is 3.21. The fourth-order valence-electron chi connectivity index (χ4n) is 3.21. The van der Waals surface area contributed by atoms with E-state index in [9.17, 15) is 9.59 Å². The number of carbonyl (C=O) groups is 2. The Balaban J connectivity index is 1.52. The second-order valence-electron chi connectivity index (χ2n) is 6.87. The molecule has 3 aromatic carbocycles. The summed E-state index contributed by atoms with van der Waals surface area (Å²) < 4.78 is 16.0. The first-order valence-corrected chi connectivity index (χ1v) is 9.53. The van der Waals surface area contributed by atoms with Gasteiger partial charge in [0.2, 0.25) is 5.78 Å². The molecule has 0 aliphatic carbocycles. The largest absolute Gasteiger partial charge is 0.479 e. The smallest absolute Gasteiger partial charge is 0.346 e. The third-order valence-electron chi connectivity index (χ3n) is 4.80. The molecular formula is C25H20O5. The van der Waals surface area contributed by atoms with Crippen molar-refractivity contribution in [3.8, 4) is 22.6 Å². The van der Waals surface area contributed by atoms with Gasteiger partial charge in [-0.15, -0.1) is 0 Å². The lowest BCUT2D eigenvalue weighted by molar-refractivity contribution is -0.147. The van der Waals surface area contributed by atoms with Crippen LogP contribution in [0.2, 0.25) is 0 Å². The lowest BCUT2D eigenvalue weighted by Gasteiger charge is -2.12. The quantitative estimate of drug-likeness (QED) is 0.450. The Hall–Kier alpha value is -3.86. The first-order chi connectivity index (χ1) is 14.5. The van der Waals surface area contributed by atoms with E-state index in [0.29, 0.717) is 17.1 Å². The molecule has 0 saturated carbocycles. The summed E-state index contributed by atoms with van der Waals surface area (Å²) in [6.07, 6.45) is 0.956. The maximum Gasteiger partial charge on any atom is 0.346 e. The molecule has 0 aromatic heterocycles. The highest BCUT2D eigenvalue weighted by Gasteiger charge is 2.28. The molecule has 30 heavy (non-hydrogen) atoms. The van der Waals surface area contributed by atoms with E-state index >= 15 is 0 Å². The van der Waals surface area contributed by atoms with Crippen LogP contribution in [-0.2, 0) is 9.53 Å². The summed E-state index contributed by atoms with van der Waals surface area (Å²) in [5, 5.41) is 0. The zero-order chi connectivity index (χ0) is 21.1. The van der Waals surface area contributed by atoms with Gasteiger partial charge >= 0.3 is 5.97 Å². The highest BCUT2D eigenvalue weighted by atomic mass is 16.6. The first-order valence-electron chi connectivity index (χ1n) is 9.53. The maximum absolute atomic E-state index is 12.7. The zero-order valence-electron chi connectivity index (χ0n) is 16.6. The Morgan fingerprint density at radius 2 is 1.67 bits per heavy atom. The fraction of sp³-hybridized carbons (Fsp3) is 0.120. The van der Waals surface area contributed by atoms with E-state index in [1.807, 2.05) is 42.5 Å². The SMILES string of the molecule is COC(=O)C(C)Oc1ccc2c(c1)O/C(=C\c1ccc(-c3ccccc3)cc1)C2=O. The molecule has 1 unspecified atom stereocenters. The van der Waals surface area contributed by atoms with E-state index in [-0.39, 0.29) is 11.5 Å². The molecule has 0 fully saturated rings. The molecule has 150 valence electrons. The summed E-state index contributed by atoms with van der Waals surface area (Å²) in [7, 11) is 1.30. The number of benzene rings is 3. The van der Waals surface area contributed by atoms with Crippen molar-refractivity contribution < 1.29 is 23.8 Å². The van der Waals surface area contributed by atoms with Crippen molar-refractivity contribution in [2.45, 2.75) is 13.0 Å². The minimum Gasteiger partial charge on any atom is -0.479 e. The lowest BCUT2D eigenvalue weighted by Crippen LogP contribution is -2.24. The Bertz CT molecular complexity index is 1110. The second-order valence-corrected chi connectivity index (χ2v) is 6.87. The second kappa shape index (κ2) is 8.25. The molecule has 3 aromatic rings. The number of Topliss-reactive ketones (excluding diaryl/α,β-unsaturated/α-hetero) is 1. The van der Waals surface area contributed by atoms with Crippen molar-refractivity contribution in [3.63, 3.8) is 0 Å².